The lowest BCUT2D eigenvalue weighted by molar-refractivity contribution is 0.588. The minimum absolute atomic E-state index is 0.430. The van der Waals surface area contributed by atoms with Crippen molar-refractivity contribution in [3.05, 3.63) is 16.7 Å². The van der Waals surface area contributed by atoms with Crippen molar-refractivity contribution in [1.82, 2.24) is 4.98 Å². The summed E-state index contributed by atoms with van der Waals surface area (Å²) in [6, 6.07) is 3.40. The smallest absolute Gasteiger partial charge is 0.124 e. The Hall–Kier alpha value is -0.340. The molecule has 1 rings (SSSR count). The van der Waals surface area contributed by atoms with Gasteiger partial charge >= 0.3 is 0 Å². The Bertz CT molecular complexity index is 347. The lowest BCUT2D eigenvalue weighted by atomic mass is 10.5. The normalized spacial score (nSPS) is 11.6. The van der Waals surface area contributed by atoms with E-state index in [0.717, 1.165) is 5.30 Å². The maximum absolute atomic E-state index is 11.6. The molecule has 0 amide bonds. The first-order valence-electron chi connectivity index (χ1n) is 3.39. The Morgan fingerprint density at radius 3 is 2.50 bits per heavy atom. The maximum atomic E-state index is 11.6. The lowest BCUT2D eigenvalue weighted by Gasteiger charge is -2.08. The zero-order valence-corrected chi connectivity index (χ0v) is 9.39. The lowest BCUT2D eigenvalue weighted by Crippen LogP contribution is -2.07. The highest BCUT2D eigenvalue weighted by Gasteiger charge is 2.15. The van der Waals surface area contributed by atoms with Gasteiger partial charge in [-0.25, -0.2) is 4.98 Å². The fourth-order valence-corrected chi connectivity index (χ4v) is 3.39. The summed E-state index contributed by atoms with van der Waals surface area (Å²) in [6.45, 7) is 3.40. The monoisotopic (exact) mass is 248 g/mol. The number of anilines is 1. The van der Waals surface area contributed by atoms with Gasteiger partial charge < -0.3 is 10.3 Å². The number of halogens is 1. The fourth-order valence-electron chi connectivity index (χ4n) is 0.843. The average molecular weight is 249 g/mol. The summed E-state index contributed by atoms with van der Waals surface area (Å²) in [5.74, 6) is 0.430. The quantitative estimate of drug-likeness (QED) is 0.608. The second-order valence-corrected chi connectivity index (χ2v) is 6.83. The van der Waals surface area contributed by atoms with E-state index in [1.807, 2.05) is 0 Å². The van der Waals surface area contributed by atoms with Crippen LogP contribution in [0.4, 0.5) is 5.82 Å². The second-order valence-electron chi connectivity index (χ2n) is 2.90. The molecule has 0 aliphatic heterocycles. The molecule has 0 unspecified atom stereocenters. The number of hydrogen-bond donors (Lipinski definition) is 1. The zero-order chi connectivity index (χ0) is 9.35. The molecule has 0 saturated heterocycles. The summed E-state index contributed by atoms with van der Waals surface area (Å²) in [6.07, 6.45) is 0. The minimum atomic E-state index is -2.24. The van der Waals surface area contributed by atoms with E-state index in [4.69, 9.17) is 5.73 Å². The minimum Gasteiger partial charge on any atom is -0.384 e. The maximum Gasteiger partial charge on any atom is 0.124 e. The molecule has 12 heavy (non-hydrogen) atoms. The number of nitrogens with zero attached hydrogens (tertiary/aromatic N) is 1. The molecule has 0 aromatic carbocycles. The van der Waals surface area contributed by atoms with Crippen LogP contribution in [-0.4, -0.2) is 18.3 Å². The van der Waals surface area contributed by atoms with E-state index in [0.29, 0.717) is 10.4 Å². The Kier molecular flexibility index (Phi) is 2.59. The van der Waals surface area contributed by atoms with Crippen molar-refractivity contribution in [2.45, 2.75) is 0 Å². The summed E-state index contributed by atoms with van der Waals surface area (Å²) < 4.78 is 12.2. The van der Waals surface area contributed by atoms with Gasteiger partial charge in [0, 0.05) is 5.30 Å². The van der Waals surface area contributed by atoms with Gasteiger partial charge in [-0.1, -0.05) is 0 Å². The molecule has 0 atom stereocenters. The molecule has 66 valence electrons. The van der Waals surface area contributed by atoms with Crippen LogP contribution in [0.5, 0.6) is 0 Å². The van der Waals surface area contributed by atoms with Crippen LogP contribution < -0.4 is 11.0 Å². The number of pyridine rings is 1. The predicted octanol–water partition coefficient (Wildman–Crippen LogP) is 1.67. The molecule has 1 aromatic rings. The number of nitrogens with two attached hydrogens (primary N) is 1. The van der Waals surface area contributed by atoms with E-state index in [1.165, 1.54) is 0 Å². The van der Waals surface area contributed by atoms with Crippen molar-refractivity contribution in [2.75, 3.05) is 19.1 Å². The van der Waals surface area contributed by atoms with Crippen LogP contribution in [0.15, 0.2) is 16.7 Å². The molecular weight excluding hydrogens is 239 g/mol. The molecule has 0 aliphatic rings. The van der Waals surface area contributed by atoms with Crippen molar-refractivity contribution in [3.8, 4) is 0 Å². The van der Waals surface area contributed by atoms with E-state index >= 15 is 0 Å². The third-order valence-corrected chi connectivity index (χ3v) is 3.86. The summed E-state index contributed by atoms with van der Waals surface area (Å²) in [5.41, 5.74) is 5.44. The summed E-state index contributed by atoms with van der Waals surface area (Å²) in [7, 11) is -2.24. The molecule has 0 bridgehead atoms. The van der Waals surface area contributed by atoms with Crippen LogP contribution in [-0.2, 0) is 4.57 Å². The molecule has 2 N–H and O–H groups in total. The third kappa shape index (κ3) is 2.08. The second kappa shape index (κ2) is 3.19. The van der Waals surface area contributed by atoms with Gasteiger partial charge in [-0.05, 0) is 41.4 Å². The van der Waals surface area contributed by atoms with Crippen molar-refractivity contribution in [1.29, 1.82) is 0 Å². The van der Waals surface area contributed by atoms with Crippen LogP contribution in [0.2, 0.25) is 0 Å². The molecule has 0 saturated carbocycles. The summed E-state index contributed by atoms with van der Waals surface area (Å²) >= 11 is 3.22. The number of nitrogen functional groups attached to an aromatic ring is 1. The highest BCUT2D eigenvalue weighted by molar-refractivity contribution is 9.10. The Morgan fingerprint density at radius 2 is 2.08 bits per heavy atom. The van der Waals surface area contributed by atoms with Crippen LogP contribution in [0.3, 0.4) is 0 Å². The number of hydrogen-bond acceptors (Lipinski definition) is 3. The molecule has 0 aliphatic carbocycles. The van der Waals surface area contributed by atoms with Crippen LogP contribution in [0, 0.1) is 0 Å². The van der Waals surface area contributed by atoms with Crippen LogP contribution >= 0.6 is 23.1 Å². The number of rotatable bonds is 1. The molecule has 1 heterocycles. The van der Waals surface area contributed by atoms with Crippen LogP contribution in [0.1, 0.15) is 0 Å². The van der Waals surface area contributed by atoms with Gasteiger partial charge in [0.05, 0.1) is 0 Å². The molecule has 1 aromatic heterocycles. The van der Waals surface area contributed by atoms with Gasteiger partial charge in [0.15, 0.2) is 0 Å². The van der Waals surface area contributed by atoms with Gasteiger partial charge in [0.25, 0.3) is 0 Å². The summed E-state index contributed by atoms with van der Waals surface area (Å²) in [4.78, 5) is 3.96. The van der Waals surface area contributed by atoms with E-state index in [-0.39, 0.29) is 0 Å². The fraction of sp³-hybridized carbons (Fsp3) is 0.286. The first-order valence-corrected chi connectivity index (χ1v) is 6.78. The molecule has 0 fully saturated rings. The van der Waals surface area contributed by atoms with Crippen molar-refractivity contribution < 1.29 is 4.57 Å². The van der Waals surface area contributed by atoms with Gasteiger partial charge in [-0.3, -0.25) is 0 Å². The van der Waals surface area contributed by atoms with Crippen molar-refractivity contribution in [3.63, 3.8) is 0 Å². The molecule has 0 radical (unpaired) electrons. The van der Waals surface area contributed by atoms with Crippen molar-refractivity contribution >= 4 is 34.2 Å². The van der Waals surface area contributed by atoms with Gasteiger partial charge in [0.2, 0.25) is 0 Å². The Balaban J connectivity index is 3.28. The molecule has 3 nitrogen and oxygen atoms in total. The highest BCUT2D eigenvalue weighted by atomic mass is 79.9. The van der Waals surface area contributed by atoms with Crippen molar-refractivity contribution in [2.24, 2.45) is 0 Å². The first kappa shape index (κ1) is 9.75. The molecule has 5 heteroatoms. The zero-order valence-electron chi connectivity index (χ0n) is 6.91. The summed E-state index contributed by atoms with van der Waals surface area (Å²) in [5, 5.41) is 0.733. The first-order chi connectivity index (χ1) is 5.41. The number of aromatic nitrogens is 1. The standard InChI is InChI=1S/C7H10BrN2OP/c1-12(2,11)5-3-4-6(9)10-7(5)8/h3-4H,1-2H3,(H2,9,10). The molecule has 0 spiro atoms. The average Bonchev–Trinajstić information content (AvgIpc) is 1.83. The van der Waals surface area contributed by atoms with Gasteiger partial charge in [-0.15, -0.1) is 0 Å². The van der Waals surface area contributed by atoms with E-state index < -0.39 is 7.14 Å². The Labute approximate surface area is 79.9 Å². The van der Waals surface area contributed by atoms with Crippen LogP contribution in [0.25, 0.3) is 0 Å². The Morgan fingerprint density at radius 1 is 1.50 bits per heavy atom. The van der Waals surface area contributed by atoms with E-state index in [9.17, 15) is 4.57 Å². The largest absolute Gasteiger partial charge is 0.384 e. The van der Waals surface area contributed by atoms with Gasteiger partial charge in [0.1, 0.15) is 17.6 Å². The highest BCUT2D eigenvalue weighted by Crippen LogP contribution is 2.37. The SMILES string of the molecule is CP(C)(=O)c1ccc(N)nc1Br. The van der Waals surface area contributed by atoms with E-state index in [2.05, 4.69) is 20.9 Å². The van der Waals surface area contributed by atoms with E-state index in [1.54, 1.807) is 25.5 Å². The topological polar surface area (TPSA) is 56.0 Å². The third-order valence-electron chi connectivity index (χ3n) is 1.43. The molecular formula is C7H10BrN2OP. The predicted molar refractivity (Wildman–Crippen MR) is 55.4 cm³/mol. The van der Waals surface area contributed by atoms with Gasteiger partial charge in [-0.2, -0.15) is 0 Å².